The molecule has 0 amide bonds. The maximum atomic E-state index is 4.61. The van der Waals surface area contributed by atoms with Crippen LogP contribution in [-0.2, 0) is 32.4 Å². The summed E-state index contributed by atoms with van der Waals surface area (Å²) in [5.74, 6) is 0. The zero-order valence-electron chi connectivity index (χ0n) is 7.44. The normalized spacial score (nSPS) is 9.08. The van der Waals surface area contributed by atoms with E-state index in [1.807, 2.05) is 7.05 Å². The Morgan fingerprint density at radius 2 is 2.17 bits per heavy atom. The molecule has 0 aliphatic rings. The molecule has 0 aromatic carbocycles. The van der Waals surface area contributed by atoms with Crippen molar-refractivity contribution in [3.63, 3.8) is 0 Å². The molecule has 73 valence electrons. The predicted octanol–water partition coefficient (Wildman–Crippen LogP) is 1.80. The van der Waals surface area contributed by atoms with E-state index in [-0.39, 0.29) is 0 Å². The van der Waals surface area contributed by atoms with E-state index in [2.05, 4.69) is 44.2 Å². The van der Waals surface area contributed by atoms with Gasteiger partial charge in [0.15, 0.2) is 0 Å². The number of nitrogens with zero attached hydrogens (tertiary/aromatic N) is 2. The molecule has 12 heavy (non-hydrogen) atoms. The zero-order chi connectivity index (χ0) is 9.40. The van der Waals surface area contributed by atoms with Gasteiger partial charge in [-0.15, -0.1) is 0 Å². The van der Waals surface area contributed by atoms with E-state index in [0.717, 1.165) is 6.54 Å². The summed E-state index contributed by atoms with van der Waals surface area (Å²) in [4.78, 5) is 0. The van der Waals surface area contributed by atoms with E-state index in [9.17, 15) is 0 Å². The Kier molecular flexibility index (Phi) is 7.94. The van der Waals surface area contributed by atoms with Gasteiger partial charge < -0.3 is 0 Å². The van der Waals surface area contributed by atoms with Gasteiger partial charge in [0, 0.05) is 0 Å². The van der Waals surface area contributed by atoms with Gasteiger partial charge in [-0.05, 0) is 6.42 Å². The van der Waals surface area contributed by atoms with Crippen LogP contribution in [0.4, 0.5) is 0 Å². The van der Waals surface area contributed by atoms with Gasteiger partial charge in [-0.25, -0.2) is 9.13 Å². The summed E-state index contributed by atoms with van der Waals surface area (Å²) in [6, 6.07) is 0. The van der Waals surface area contributed by atoms with E-state index in [1.54, 1.807) is 18.8 Å². The van der Waals surface area contributed by atoms with Crippen LogP contribution in [0.3, 0.4) is 0 Å². The van der Waals surface area contributed by atoms with Crippen LogP contribution in [0, 0.1) is 0 Å². The summed E-state index contributed by atoms with van der Waals surface area (Å²) >= 11 is 1.61. The number of unbranched alkanes of at least 4 members (excludes halogenated alkanes) is 1. The fraction of sp³-hybridized carbons (Fsp3) is 0.625. The summed E-state index contributed by atoms with van der Waals surface area (Å²) in [7, 11) is 6.66. The first-order valence-corrected chi connectivity index (χ1v) is 6.77. The molecule has 0 unspecified atom stereocenters. The molecular weight excluding hydrogens is 355 g/mol. The van der Waals surface area contributed by atoms with Crippen LogP contribution >= 0.6 is 9.42 Å². The van der Waals surface area contributed by atoms with Crippen molar-refractivity contribution < 1.29 is 23.3 Å². The molecule has 1 heterocycles. The minimum atomic E-state index is 1.15. The molecule has 0 saturated heterocycles. The second-order valence-electron chi connectivity index (χ2n) is 2.67. The third-order valence-corrected chi connectivity index (χ3v) is 1.59. The predicted molar refractivity (Wildman–Crippen MR) is 46.4 cm³/mol. The Hall–Kier alpha value is 0.188. The molecule has 0 N–H and O–H groups in total. The maximum absolute atomic E-state index is 4.61. The summed E-state index contributed by atoms with van der Waals surface area (Å²) in [6.45, 7) is 3.36. The number of aromatic nitrogens is 2. The molecule has 0 aliphatic heterocycles. The van der Waals surface area contributed by atoms with Crippen molar-refractivity contribution in [1.29, 1.82) is 0 Å². The second-order valence-corrected chi connectivity index (χ2v) is 2.67. The first-order chi connectivity index (χ1) is 5.83. The topological polar surface area (TPSA) is 8.81 Å². The van der Waals surface area contributed by atoms with E-state index < -0.39 is 0 Å². The summed E-state index contributed by atoms with van der Waals surface area (Å²) in [5.41, 5.74) is 0. The number of hydrogen-bond donors (Lipinski definition) is 0. The third-order valence-electron chi connectivity index (χ3n) is 1.59. The van der Waals surface area contributed by atoms with Crippen LogP contribution in [0.5, 0.6) is 0 Å². The van der Waals surface area contributed by atoms with E-state index in [1.165, 1.54) is 12.8 Å². The van der Waals surface area contributed by atoms with Gasteiger partial charge in [0.05, 0.1) is 13.6 Å². The van der Waals surface area contributed by atoms with Crippen molar-refractivity contribution in [2.75, 3.05) is 0 Å². The van der Waals surface area contributed by atoms with Crippen molar-refractivity contribution >= 4 is 9.42 Å². The van der Waals surface area contributed by atoms with Crippen LogP contribution in [0.2, 0.25) is 0 Å². The molecule has 1 rings (SSSR count). The van der Waals surface area contributed by atoms with Crippen LogP contribution in [-0.4, -0.2) is 4.57 Å². The summed E-state index contributed by atoms with van der Waals surface area (Å²) in [5, 5.41) is 0. The Morgan fingerprint density at radius 1 is 1.50 bits per heavy atom. The van der Waals surface area contributed by atoms with Crippen molar-refractivity contribution in [2.24, 2.45) is 7.05 Å². The molecular formula is C8H15ClN2Pt+. The van der Waals surface area contributed by atoms with Gasteiger partial charge >= 0.3 is 28.2 Å². The zero-order valence-corrected chi connectivity index (χ0v) is 10.5. The molecule has 0 bridgehead atoms. The molecule has 0 spiro atoms. The van der Waals surface area contributed by atoms with Crippen LogP contribution in [0.25, 0.3) is 0 Å². The average molecular weight is 370 g/mol. The minimum absolute atomic E-state index is 1.15. The Labute approximate surface area is 89.4 Å². The SMILES string of the molecule is CCCCn1cc[n+](C)c1.[Cl][Pt]. The van der Waals surface area contributed by atoms with E-state index in [4.69, 9.17) is 0 Å². The van der Waals surface area contributed by atoms with Gasteiger partial charge in [-0.3, -0.25) is 0 Å². The summed E-state index contributed by atoms with van der Waals surface area (Å²) in [6.07, 6.45) is 8.82. The second kappa shape index (κ2) is 7.82. The Morgan fingerprint density at radius 3 is 2.58 bits per heavy atom. The average Bonchev–Trinajstić information content (AvgIpc) is 2.51. The third kappa shape index (κ3) is 4.95. The number of halogens is 1. The van der Waals surface area contributed by atoms with Crippen molar-refractivity contribution in [3.8, 4) is 0 Å². The van der Waals surface area contributed by atoms with Crippen LogP contribution < -0.4 is 4.57 Å². The Bertz CT molecular complexity index is 201. The van der Waals surface area contributed by atoms with Gasteiger partial charge in [0.2, 0.25) is 6.33 Å². The number of imidazole rings is 1. The van der Waals surface area contributed by atoms with Crippen LogP contribution in [0.15, 0.2) is 18.7 Å². The molecule has 4 heteroatoms. The number of hydrogen-bond acceptors (Lipinski definition) is 0. The molecule has 0 fully saturated rings. The molecule has 0 aliphatic carbocycles. The monoisotopic (exact) mass is 369 g/mol. The first-order valence-electron chi connectivity index (χ1n) is 3.96. The molecule has 1 aromatic rings. The summed E-state index contributed by atoms with van der Waals surface area (Å²) < 4.78 is 4.28. The van der Waals surface area contributed by atoms with Crippen molar-refractivity contribution in [1.82, 2.24) is 4.57 Å². The number of rotatable bonds is 3. The molecule has 0 radical (unpaired) electrons. The first kappa shape index (κ1) is 12.2. The molecule has 0 saturated carbocycles. The van der Waals surface area contributed by atoms with Crippen molar-refractivity contribution in [3.05, 3.63) is 18.7 Å². The molecule has 1 aromatic heterocycles. The van der Waals surface area contributed by atoms with E-state index >= 15 is 0 Å². The van der Waals surface area contributed by atoms with Gasteiger partial charge in [-0.2, -0.15) is 0 Å². The van der Waals surface area contributed by atoms with Gasteiger partial charge in [0.1, 0.15) is 12.4 Å². The standard InChI is InChI=1S/C8H15N2.ClH.Pt/c1-3-4-5-10-7-6-9(2)8-10;;/h6-8H,3-5H2,1-2H3;1H;/q+1;;+1/p-1. The fourth-order valence-corrected chi connectivity index (χ4v) is 0.975. The number of aryl methyl sites for hydroxylation is 2. The Balaban J connectivity index is 0.000000561. The van der Waals surface area contributed by atoms with E-state index in [0.29, 0.717) is 0 Å². The van der Waals surface area contributed by atoms with Gasteiger partial charge in [0.25, 0.3) is 0 Å². The molecule has 2 nitrogen and oxygen atoms in total. The fourth-order valence-electron chi connectivity index (χ4n) is 0.975. The van der Waals surface area contributed by atoms with Crippen molar-refractivity contribution in [2.45, 2.75) is 26.3 Å². The van der Waals surface area contributed by atoms with Gasteiger partial charge in [-0.1, -0.05) is 13.3 Å². The van der Waals surface area contributed by atoms with Crippen LogP contribution in [0.1, 0.15) is 19.8 Å². The molecule has 0 atom stereocenters. The quantitative estimate of drug-likeness (QED) is 0.719.